The summed E-state index contributed by atoms with van der Waals surface area (Å²) in [4.78, 5) is 13.9. The highest BCUT2D eigenvalue weighted by atomic mass is 19.2. The summed E-state index contributed by atoms with van der Waals surface area (Å²) in [6.45, 7) is 2.88. The third-order valence-electron chi connectivity index (χ3n) is 3.15. The molecule has 0 atom stereocenters. The molecular weight excluding hydrogens is 254 g/mol. The molecule has 1 aliphatic heterocycles. The number of ether oxygens (including phenoxy) is 1. The highest BCUT2D eigenvalue weighted by Crippen LogP contribution is 2.18. The van der Waals surface area contributed by atoms with Crippen LogP contribution in [0.15, 0.2) is 12.1 Å². The van der Waals surface area contributed by atoms with Gasteiger partial charge < -0.3 is 10.5 Å². The number of benzene rings is 1. The number of anilines is 1. The molecule has 6 heteroatoms. The number of rotatable bonds is 4. The molecule has 19 heavy (non-hydrogen) atoms. The fourth-order valence-electron chi connectivity index (χ4n) is 2.09. The number of nitrogens with two attached hydrogens (primary N) is 1. The second-order valence-corrected chi connectivity index (χ2v) is 4.54. The molecule has 0 bridgehead atoms. The number of hydrogen-bond acceptors (Lipinski definition) is 4. The van der Waals surface area contributed by atoms with E-state index in [0.717, 1.165) is 38.1 Å². The van der Waals surface area contributed by atoms with Gasteiger partial charge in [-0.05, 0) is 32.0 Å². The summed E-state index contributed by atoms with van der Waals surface area (Å²) < 4.78 is 30.9. The first-order valence-electron chi connectivity index (χ1n) is 6.22. The summed E-state index contributed by atoms with van der Waals surface area (Å²) in [6, 6.07) is 1.55. The Bertz CT molecular complexity index is 474. The molecule has 1 aliphatic rings. The lowest BCUT2D eigenvalue weighted by atomic mass is 10.1. The zero-order chi connectivity index (χ0) is 13.8. The van der Waals surface area contributed by atoms with Gasteiger partial charge in [-0.2, -0.15) is 0 Å². The van der Waals surface area contributed by atoms with Crippen molar-refractivity contribution in [3.63, 3.8) is 0 Å². The lowest BCUT2D eigenvalue weighted by Gasteiger charge is -2.14. The van der Waals surface area contributed by atoms with Gasteiger partial charge in [0.2, 0.25) is 0 Å². The van der Waals surface area contributed by atoms with Gasteiger partial charge in [-0.25, -0.2) is 13.6 Å². The number of nitrogens with zero attached hydrogens (tertiary/aromatic N) is 1. The minimum Gasteiger partial charge on any atom is -0.461 e. The Balaban J connectivity index is 1.90. The summed E-state index contributed by atoms with van der Waals surface area (Å²) in [5, 5.41) is 0. The maximum absolute atomic E-state index is 13.0. The maximum atomic E-state index is 13.0. The predicted molar refractivity (Wildman–Crippen MR) is 66.7 cm³/mol. The van der Waals surface area contributed by atoms with Crippen LogP contribution in [0, 0.1) is 11.6 Å². The van der Waals surface area contributed by atoms with Gasteiger partial charge in [-0.3, -0.25) is 4.90 Å². The van der Waals surface area contributed by atoms with E-state index in [9.17, 15) is 13.6 Å². The molecule has 0 radical (unpaired) electrons. The molecule has 2 rings (SSSR count). The van der Waals surface area contributed by atoms with E-state index in [2.05, 4.69) is 4.90 Å². The van der Waals surface area contributed by atoms with Crippen molar-refractivity contribution >= 4 is 11.7 Å². The first-order valence-corrected chi connectivity index (χ1v) is 6.22. The molecule has 0 spiro atoms. The second kappa shape index (κ2) is 5.97. The van der Waals surface area contributed by atoms with Crippen LogP contribution in [0.1, 0.15) is 23.2 Å². The highest BCUT2D eigenvalue weighted by molar-refractivity contribution is 5.95. The average molecular weight is 270 g/mol. The summed E-state index contributed by atoms with van der Waals surface area (Å²) in [5.41, 5.74) is 5.21. The fourth-order valence-corrected chi connectivity index (χ4v) is 2.09. The van der Waals surface area contributed by atoms with E-state index in [1.165, 1.54) is 0 Å². The molecule has 1 fully saturated rings. The number of esters is 1. The molecule has 104 valence electrons. The number of likely N-dealkylation sites (tertiary alicyclic amines) is 1. The summed E-state index contributed by atoms with van der Waals surface area (Å²) in [7, 11) is 0. The monoisotopic (exact) mass is 270 g/mol. The molecular formula is C13H16F2N2O2. The maximum Gasteiger partial charge on any atom is 0.340 e. The number of halogens is 2. The van der Waals surface area contributed by atoms with Crippen molar-refractivity contribution in [3.05, 3.63) is 29.3 Å². The topological polar surface area (TPSA) is 55.6 Å². The van der Waals surface area contributed by atoms with Crippen LogP contribution in [-0.4, -0.2) is 37.1 Å². The van der Waals surface area contributed by atoms with Gasteiger partial charge in [0.15, 0.2) is 11.6 Å². The zero-order valence-electron chi connectivity index (χ0n) is 10.5. The average Bonchev–Trinajstić information content (AvgIpc) is 2.86. The quantitative estimate of drug-likeness (QED) is 0.669. The summed E-state index contributed by atoms with van der Waals surface area (Å²) >= 11 is 0. The third kappa shape index (κ3) is 3.41. The van der Waals surface area contributed by atoms with Crippen molar-refractivity contribution in [1.29, 1.82) is 0 Å². The molecule has 4 nitrogen and oxygen atoms in total. The van der Waals surface area contributed by atoms with E-state index in [1.54, 1.807) is 0 Å². The molecule has 1 heterocycles. The van der Waals surface area contributed by atoms with E-state index >= 15 is 0 Å². The number of carbonyl (C=O) groups excluding carboxylic acids is 1. The molecule has 2 N–H and O–H groups in total. The number of hydrogen-bond donors (Lipinski definition) is 1. The normalized spacial score (nSPS) is 15.7. The van der Waals surface area contributed by atoms with Gasteiger partial charge in [-0.15, -0.1) is 0 Å². The molecule has 1 saturated heterocycles. The molecule has 0 aliphatic carbocycles. The summed E-state index contributed by atoms with van der Waals surface area (Å²) in [6.07, 6.45) is 2.31. The van der Waals surface area contributed by atoms with Gasteiger partial charge >= 0.3 is 5.97 Å². The Hall–Kier alpha value is -1.69. The largest absolute Gasteiger partial charge is 0.461 e. The van der Waals surface area contributed by atoms with E-state index in [0.29, 0.717) is 6.54 Å². The van der Waals surface area contributed by atoms with Crippen LogP contribution in [0.25, 0.3) is 0 Å². The lowest BCUT2D eigenvalue weighted by Crippen LogP contribution is -2.25. The molecule has 0 amide bonds. The van der Waals surface area contributed by atoms with Gasteiger partial charge in [0, 0.05) is 18.3 Å². The summed E-state index contributed by atoms with van der Waals surface area (Å²) in [5.74, 6) is -2.91. The SMILES string of the molecule is Nc1cc(F)c(F)cc1C(=O)OCCN1CCCC1. The van der Waals surface area contributed by atoms with Crippen LogP contribution >= 0.6 is 0 Å². The predicted octanol–water partition coefficient (Wildman–Crippen LogP) is 1.80. The zero-order valence-corrected chi connectivity index (χ0v) is 10.5. The standard InChI is InChI=1S/C13H16F2N2O2/c14-10-7-9(12(16)8-11(10)15)13(18)19-6-5-17-3-1-2-4-17/h7-8H,1-6,16H2. The van der Waals surface area contributed by atoms with Crippen LogP contribution < -0.4 is 5.73 Å². The Morgan fingerprint density at radius 2 is 1.89 bits per heavy atom. The van der Waals surface area contributed by atoms with E-state index < -0.39 is 17.6 Å². The van der Waals surface area contributed by atoms with Crippen molar-refractivity contribution in [1.82, 2.24) is 4.90 Å². The molecule has 0 unspecified atom stereocenters. The van der Waals surface area contributed by atoms with E-state index in [4.69, 9.17) is 10.5 Å². The van der Waals surface area contributed by atoms with Crippen LogP contribution in [0.3, 0.4) is 0 Å². The Morgan fingerprint density at radius 3 is 2.58 bits per heavy atom. The lowest BCUT2D eigenvalue weighted by molar-refractivity contribution is 0.0473. The van der Waals surface area contributed by atoms with Crippen LogP contribution in [-0.2, 0) is 4.74 Å². The van der Waals surface area contributed by atoms with Gasteiger partial charge in [0.1, 0.15) is 6.61 Å². The molecule has 0 aromatic heterocycles. The van der Waals surface area contributed by atoms with Crippen LogP contribution in [0.5, 0.6) is 0 Å². The van der Waals surface area contributed by atoms with Crippen molar-refractivity contribution in [3.8, 4) is 0 Å². The van der Waals surface area contributed by atoms with E-state index in [-0.39, 0.29) is 17.9 Å². The van der Waals surface area contributed by atoms with Crippen molar-refractivity contribution in [2.75, 3.05) is 32.0 Å². The molecule has 0 saturated carbocycles. The minimum absolute atomic E-state index is 0.120. The second-order valence-electron chi connectivity index (χ2n) is 4.54. The third-order valence-corrected chi connectivity index (χ3v) is 3.15. The number of carbonyl (C=O) groups is 1. The number of nitrogen functional groups attached to an aromatic ring is 1. The smallest absolute Gasteiger partial charge is 0.340 e. The van der Waals surface area contributed by atoms with Crippen molar-refractivity contribution in [2.24, 2.45) is 0 Å². The van der Waals surface area contributed by atoms with Gasteiger partial charge in [0.05, 0.1) is 5.56 Å². The van der Waals surface area contributed by atoms with Gasteiger partial charge in [-0.1, -0.05) is 0 Å². The Labute approximate surface area is 110 Å². The van der Waals surface area contributed by atoms with Crippen molar-refractivity contribution in [2.45, 2.75) is 12.8 Å². The first kappa shape index (κ1) is 13.7. The Kier molecular flexibility index (Phi) is 4.31. The fraction of sp³-hybridized carbons (Fsp3) is 0.462. The molecule has 1 aromatic rings. The van der Waals surface area contributed by atoms with Crippen molar-refractivity contribution < 1.29 is 18.3 Å². The highest BCUT2D eigenvalue weighted by Gasteiger charge is 2.17. The minimum atomic E-state index is -1.11. The van der Waals surface area contributed by atoms with E-state index in [1.807, 2.05) is 0 Å². The molecule has 1 aromatic carbocycles. The first-order chi connectivity index (χ1) is 9.08. The van der Waals surface area contributed by atoms with Gasteiger partial charge in [0.25, 0.3) is 0 Å². The van der Waals surface area contributed by atoms with Crippen LogP contribution in [0.2, 0.25) is 0 Å². The van der Waals surface area contributed by atoms with Crippen LogP contribution in [0.4, 0.5) is 14.5 Å². The Morgan fingerprint density at radius 1 is 1.26 bits per heavy atom.